The van der Waals surface area contributed by atoms with Crippen molar-refractivity contribution >= 4 is 23.3 Å². The summed E-state index contributed by atoms with van der Waals surface area (Å²) in [5.74, 6) is -0.654. The predicted octanol–water partition coefficient (Wildman–Crippen LogP) is 2.58. The van der Waals surface area contributed by atoms with Crippen LogP contribution in [-0.4, -0.2) is 40.2 Å². The number of hydrogen-bond donors (Lipinski definition) is 1. The summed E-state index contributed by atoms with van der Waals surface area (Å²) in [7, 11) is 1.78. The van der Waals surface area contributed by atoms with Crippen LogP contribution < -0.4 is 10.1 Å². The van der Waals surface area contributed by atoms with E-state index in [4.69, 9.17) is 9.47 Å². The van der Waals surface area contributed by atoms with Gasteiger partial charge in [-0.05, 0) is 45.0 Å². The SMILES string of the molecule is CCC(=O)c1ccc(OCC(=O)O[C@H](C)C(=O)Nc2c(C)nn(C)c2C)cc1. The number of ether oxygens (including phenoxy) is 2. The quantitative estimate of drug-likeness (QED) is 0.552. The van der Waals surface area contributed by atoms with E-state index in [-0.39, 0.29) is 12.4 Å². The number of anilines is 1. The molecule has 0 radical (unpaired) electrons. The maximum absolute atomic E-state index is 12.3. The van der Waals surface area contributed by atoms with Gasteiger partial charge in [0.1, 0.15) is 5.75 Å². The molecule has 1 heterocycles. The first-order valence-corrected chi connectivity index (χ1v) is 8.99. The van der Waals surface area contributed by atoms with Gasteiger partial charge in [-0.1, -0.05) is 6.92 Å². The lowest BCUT2D eigenvalue weighted by Crippen LogP contribution is -2.32. The first-order chi connectivity index (χ1) is 13.2. The van der Waals surface area contributed by atoms with Gasteiger partial charge in [0.2, 0.25) is 0 Å². The van der Waals surface area contributed by atoms with E-state index in [1.165, 1.54) is 6.92 Å². The maximum Gasteiger partial charge on any atom is 0.344 e. The second-order valence-corrected chi connectivity index (χ2v) is 6.38. The molecule has 1 amide bonds. The average molecular weight is 387 g/mol. The van der Waals surface area contributed by atoms with Gasteiger partial charge in [0.25, 0.3) is 5.91 Å². The maximum atomic E-state index is 12.3. The molecule has 0 aliphatic heterocycles. The van der Waals surface area contributed by atoms with Crippen molar-refractivity contribution in [2.24, 2.45) is 7.05 Å². The second kappa shape index (κ2) is 9.16. The van der Waals surface area contributed by atoms with Crippen LogP contribution in [0.25, 0.3) is 0 Å². The number of aromatic nitrogens is 2. The van der Waals surface area contributed by atoms with Crippen molar-refractivity contribution in [3.63, 3.8) is 0 Å². The van der Waals surface area contributed by atoms with Crippen molar-refractivity contribution in [1.82, 2.24) is 9.78 Å². The molecule has 1 N–H and O–H groups in total. The van der Waals surface area contributed by atoms with E-state index < -0.39 is 18.0 Å². The summed E-state index contributed by atoms with van der Waals surface area (Å²) in [6.45, 7) is 6.55. The molecule has 0 fully saturated rings. The molecule has 1 aromatic heterocycles. The Kier molecular flexibility index (Phi) is 6.92. The number of nitrogens with one attached hydrogen (secondary N) is 1. The minimum atomic E-state index is -0.986. The summed E-state index contributed by atoms with van der Waals surface area (Å²) in [6, 6.07) is 6.50. The molecule has 2 aromatic rings. The Morgan fingerprint density at radius 2 is 1.82 bits per heavy atom. The van der Waals surface area contributed by atoms with E-state index in [0.29, 0.717) is 29.1 Å². The first-order valence-electron chi connectivity index (χ1n) is 8.99. The first kappa shape index (κ1) is 21.1. The molecule has 28 heavy (non-hydrogen) atoms. The molecular weight excluding hydrogens is 362 g/mol. The minimum absolute atomic E-state index is 0.0323. The molecule has 0 aliphatic carbocycles. The van der Waals surface area contributed by atoms with Crippen molar-refractivity contribution in [2.45, 2.75) is 40.2 Å². The van der Waals surface area contributed by atoms with Gasteiger partial charge in [-0.25, -0.2) is 4.79 Å². The number of rotatable bonds is 8. The predicted molar refractivity (Wildman–Crippen MR) is 103 cm³/mol. The monoisotopic (exact) mass is 387 g/mol. The molecule has 0 aliphatic rings. The lowest BCUT2D eigenvalue weighted by molar-refractivity contribution is -0.155. The molecule has 0 unspecified atom stereocenters. The van der Waals surface area contributed by atoms with Crippen LogP contribution in [0.1, 0.15) is 42.0 Å². The highest BCUT2D eigenvalue weighted by atomic mass is 16.6. The van der Waals surface area contributed by atoms with E-state index in [9.17, 15) is 14.4 Å². The molecule has 8 heteroatoms. The number of esters is 1. The number of carbonyl (C=O) groups is 3. The third-order valence-electron chi connectivity index (χ3n) is 4.29. The highest BCUT2D eigenvalue weighted by Gasteiger charge is 2.21. The van der Waals surface area contributed by atoms with Crippen LogP contribution in [-0.2, 0) is 21.4 Å². The van der Waals surface area contributed by atoms with E-state index in [1.807, 2.05) is 6.92 Å². The fourth-order valence-electron chi connectivity index (χ4n) is 2.55. The van der Waals surface area contributed by atoms with Gasteiger partial charge < -0.3 is 14.8 Å². The van der Waals surface area contributed by atoms with Crippen molar-refractivity contribution in [3.05, 3.63) is 41.2 Å². The Balaban J connectivity index is 1.85. The van der Waals surface area contributed by atoms with Crippen molar-refractivity contribution < 1.29 is 23.9 Å². The van der Waals surface area contributed by atoms with Crippen LogP contribution in [0.2, 0.25) is 0 Å². The number of nitrogens with zero attached hydrogens (tertiary/aromatic N) is 2. The lowest BCUT2D eigenvalue weighted by Gasteiger charge is -2.14. The summed E-state index contributed by atoms with van der Waals surface area (Å²) in [5.41, 5.74) is 2.68. The average Bonchev–Trinajstić information content (AvgIpc) is 2.92. The van der Waals surface area contributed by atoms with Gasteiger partial charge in [0.05, 0.1) is 17.1 Å². The second-order valence-electron chi connectivity index (χ2n) is 6.38. The van der Waals surface area contributed by atoms with Crippen LogP contribution in [0, 0.1) is 13.8 Å². The number of aryl methyl sites for hydroxylation is 2. The summed E-state index contributed by atoms with van der Waals surface area (Å²) < 4.78 is 12.1. The van der Waals surface area contributed by atoms with E-state index in [1.54, 1.807) is 49.8 Å². The third kappa shape index (κ3) is 5.18. The molecule has 150 valence electrons. The van der Waals surface area contributed by atoms with Gasteiger partial charge >= 0.3 is 5.97 Å². The summed E-state index contributed by atoms with van der Waals surface area (Å²) in [5, 5.41) is 6.95. The Morgan fingerprint density at radius 3 is 2.36 bits per heavy atom. The van der Waals surface area contributed by atoms with E-state index in [0.717, 1.165) is 5.69 Å². The molecule has 1 aromatic carbocycles. The summed E-state index contributed by atoms with van der Waals surface area (Å²) in [6.07, 6.45) is -0.565. The molecule has 0 bridgehead atoms. The zero-order valence-corrected chi connectivity index (χ0v) is 16.7. The summed E-state index contributed by atoms with van der Waals surface area (Å²) in [4.78, 5) is 35.8. The third-order valence-corrected chi connectivity index (χ3v) is 4.29. The lowest BCUT2D eigenvalue weighted by atomic mass is 10.1. The van der Waals surface area contributed by atoms with Gasteiger partial charge in [-0.15, -0.1) is 0 Å². The molecule has 0 spiro atoms. The van der Waals surface area contributed by atoms with Gasteiger partial charge in [-0.2, -0.15) is 5.10 Å². The molecule has 2 rings (SSSR count). The molecule has 8 nitrogen and oxygen atoms in total. The van der Waals surface area contributed by atoms with E-state index in [2.05, 4.69) is 10.4 Å². The number of Topliss-reactive ketones (excluding diaryl/α,β-unsaturated/α-hetero) is 1. The van der Waals surface area contributed by atoms with Crippen LogP contribution in [0.4, 0.5) is 5.69 Å². The zero-order chi connectivity index (χ0) is 20.8. The molecular formula is C20H25N3O5. The molecule has 0 saturated heterocycles. The number of carbonyl (C=O) groups excluding carboxylic acids is 3. The number of amides is 1. The van der Waals surface area contributed by atoms with Crippen LogP contribution in [0.5, 0.6) is 5.75 Å². The van der Waals surface area contributed by atoms with Crippen molar-refractivity contribution in [3.8, 4) is 5.75 Å². The molecule has 1 atom stereocenters. The van der Waals surface area contributed by atoms with Crippen LogP contribution >= 0.6 is 0 Å². The number of benzene rings is 1. The fraction of sp³-hybridized carbons (Fsp3) is 0.400. The molecule has 0 saturated carbocycles. The normalized spacial score (nSPS) is 11.6. The number of ketones is 1. The highest BCUT2D eigenvalue weighted by molar-refractivity contribution is 5.96. The Morgan fingerprint density at radius 1 is 1.18 bits per heavy atom. The van der Waals surface area contributed by atoms with Crippen molar-refractivity contribution in [2.75, 3.05) is 11.9 Å². The van der Waals surface area contributed by atoms with Gasteiger partial charge in [-0.3, -0.25) is 14.3 Å². The largest absolute Gasteiger partial charge is 0.482 e. The van der Waals surface area contributed by atoms with Crippen LogP contribution in [0.15, 0.2) is 24.3 Å². The zero-order valence-electron chi connectivity index (χ0n) is 16.7. The highest BCUT2D eigenvalue weighted by Crippen LogP contribution is 2.19. The van der Waals surface area contributed by atoms with Gasteiger partial charge in [0.15, 0.2) is 18.5 Å². The van der Waals surface area contributed by atoms with Crippen molar-refractivity contribution in [1.29, 1.82) is 0 Å². The summed E-state index contributed by atoms with van der Waals surface area (Å²) >= 11 is 0. The standard InChI is InChI=1S/C20H25N3O5/c1-6-17(24)15-7-9-16(10-8-15)27-11-18(25)28-14(4)20(26)21-19-12(2)22-23(5)13(19)3/h7-10,14H,6,11H2,1-5H3,(H,21,26)/t14-/m1/s1. The number of hydrogen-bond acceptors (Lipinski definition) is 6. The smallest absolute Gasteiger partial charge is 0.344 e. The van der Waals surface area contributed by atoms with E-state index >= 15 is 0 Å². The topological polar surface area (TPSA) is 99.5 Å². The Bertz CT molecular complexity index is 871. The Labute approximate surface area is 163 Å². The minimum Gasteiger partial charge on any atom is -0.482 e. The van der Waals surface area contributed by atoms with Crippen LogP contribution in [0.3, 0.4) is 0 Å². The fourth-order valence-corrected chi connectivity index (χ4v) is 2.55. The van der Waals surface area contributed by atoms with Gasteiger partial charge in [0, 0.05) is 19.0 Å². The Hall–Kier alpha value is -3.16.